The van der Waals surface area contributed by atoms with Crippen molar-refractivity contribution in [2.75, 3.05) is 18.0 Å². The minimum atomic E-state index is 0.398. The minimum Gasteiger partial charge on any atom is -0.375 e. The highest BCUT2D eigenvalue weighted by molar-refractivity contribution is 5.54. The molecule has 4 rings (SSSR count). The molecule has 1 aromatic carbocycles. The molecule has 5 heteroatoms. The zero-order valence-electron chi connectivity index (χ0n) is 13.4. The van der Waals surface area contributed by atoms with Crippen molar-refractivity contribution in [2.45, 2.75) is 50.7 Å². The lowest BCUT2D eigenvalue weighted by Gasteiger charge is -2.32. The molecule has 5 nitrogen and oxygen atoms in total. The Morgan fingerprint density at radius 3 is 2.39 bits per heavy atom. The number of hydrogen-bond donors (Lipinski definition) is 0. The number of nitrogens with zero attached hydrogens (tertiary/aromatic N) is 3. The van der Waals surface area contributed by atoms with Gasteiger partial charge < -0.3 is 14.2 Å². The van der Waals surface area contributed by atoms with Gasteiger partial charge in [-0.15, -0.1) is 0 Å². The second-order valence-electron chi connectivity index (χ2n) is 6.49. The van der Waals surface area contributed by atoms with Gasteiger partial charge in [-0.1, -0.05) is 31.0 Å². The molecule has 1 aromatic heterocycles. The van der Waals surface area contributed by atoms with E-state index in [-0.39, 0.29) is 0 Å². The highest BCUT2D eigenvalue weighted by Crippen LogP contribution is 2.27. The first kappa shape index (κ1) is 14.7. The predicted octanol–water partition coefficient (Wildman–Crippen LogP) is 3.66. The van der Waals surface area contributed by atoms with Crippen LogP contribution in [-0.2, 0) is 4.74 Å². The van der Waals surface area contributed by atoms with Crippen molar-refractivity contribution in [1.82, 2.24) is 10.1 Å². The Balaban J connectivity index is 1.34. The van der Waals surface area contributed by atoms with Gasteiger partial charge in [0, 0.05) is 18.7 Å². The summed E-state index contributed by atoms with van der Waals surface area (Å²) in [6, 6.07) is 9.91. The second-order valence-corrected chi connectivity index (χ2v) is 6.49. The van der Waals surface area contributed by atoms with Crippen LogP contribution in [-0.4, -0.2) is 35.4 Å². The zero-order valence-corrected chi connectivity index (χ0v) is 13.4. The number of anilines is 1. The van der Waals surface area contributed by atoms with Crippen LogP contribution in [0.15, 0.2) is 34.9 Å². The van der Waals surface area contributed by atoms with E-state index in [9.17, 15) is 0 Å². The van der Waals surface area contributed by atoms with Crippen molar-refractivity contribution in [3.63, 3.8) is 0 Å². The fraction of sp³-hybridized carbons (Fsp3) is 0.556. The van der Waals surface area contributed by atoms with E-state index in [2.05, 4.69) is 15.0 Å². The Hall–Kier alpha value is -1.88. The van der Waals surface area contributed by atoms with Gasteiger partial charge in [0.25, 0.3) is 11.8 Å². The average molecular weight is 313 g/mol. The highest BCUT2D eigenvalue weighted by atomic mass is 16.5. The van der Waals surface area contributed by atoms with Gasteiger partial charge >= 0.3 is 0 Å². The van der Waals surface area contributed by atoms with Crippen molar-refractivity contribution in [3.8, 4) is 11.5 Å². The van der Waals surface area contributed by atoms with Gasteiger partial charge in [0.05, 0.1) is 12.2 Å². The summed E-state index contributed by atoms with van der Waals surface area (Å²) in [5.74, 6) is 1.29. The topological polar surface area (TPSA) is 51.4 Å². The molecule has 0 spiro atoms. The molecule has 1 saturated carbocycles. The number of aromatic nitrogens is 2. The Bertz CT molecular complexity index is 614. The van der Waals surface area contributed by atoms with Crippen LogP contribution in [0.5, 0.6) is 0 Å². The molecule has 1 aliphatic carbocycles. The van der Waals surface area contributed by atoms with E-state index >= 15 is 0 Å². The maximum atomic E-state index is 6.22. The molecule has 0 atom stereocenters. The van der Waals surface area contributed by atoms with E-state index < -0.39 is 0 Å². The maximum absolute atomic E-state index is 6.22. The molecule has 122 valence electrons. The molecule has 23 heavy (non-hydrogen) atoms. The number of hydrogen-bond acceptors (Lipinski definition) is 5. The number of ether oxygens (including phenoxy) is 1. The van der Waals surface area contributed by atoms with Gasteiger partial charge in [-0.05, 0) is 43.0 Å². The maximum Gasteiger partial charge on any atom is 0.266 e. The van der Waals surface area contributed by atoms with Gasteiger partial charge in [0.1, 0.15) is 0 Å². The Morgan fingerprint density at radius 2 is 1.65 bits per heavy atom. The summed E-state index contributed by atoms with van der Waals surface area (Å²) < 4.78 is 11.6. The first-order valence-electron chi connectivity index (χ1n) is 8.68. The summed E-state index contributed by atoms with van der Waals surface area (Å²) >= 11 is 0. The molecule has 1 aliphatic heterocycles. The largest absolute Gasteiger partial charge is 0.375 e. The van der Waals surface area contributed by atoms with Gasteiger partial charge in [-0.2, -0.15) is 4.98 Å². The Kier molecular flexibility index (Phi) is 4.28. The van der Waals surface area contributed by atoms with Crippen LogP contribution in [0.2, 0.25) is 0 Å². The lowest BCUT2D eigenvalue weighted by molar-refractivity contribution is -0.0196. The summed E-state index contributed by atoms with van der Waals surface area (Å²) in [5, 5.41) is 4.14. The number of benzene rings is 1. The molecular weight excluding hydrogens is 290 g/mol. The quantitative estimate of drug-likeness (QED) is 0.862. The average Bonchev–Trinajstić information content (AvgIpc) is 3.28. The normalized spacial score (nSPS) is 20.3. The molecule has 2 fully saturated rings. The summed E-state index contributed by atoms with van der Waals surface area (Å²) in [6.45, 7) is 1.87. The Labute approximate surface area is 136 Å². The SMILES string of the molecule is c1ccc(-c2nc(N3CCC(OC4CCCC4)CC3)no2)cc1. The monoisotopic (exact) mass is 313 g/mol. The van der Waals surface area contributed by atoms with Crippen molar-refractivity contribution < 1.29 is 9.26 Å². The van der Waals surface area contributed by atoms with Crippen LogP contribution < -0.4 is 4.90 Å². The van der Waals surface area contributed by atoms with Crippen LogP contribution in [0.4, 0.5) is 5.95 Å². The smallest absolute Gasteiger partial charge is 0.266 e. The highest BCUT2D eigenvalue weighted by Gasteiger charge is 2.26. The third-order valence-corrected chi connectivity index (χ3v) is 4.85. The van der Waals surface area contributed by atoms with Crippen molar-refractivity contribution >= 4 is 5.95 Å². The van der Waals surface area contributed by atoms with Gasteiger partial charge in [0.2, 0.25) is 0 Å². The number of rotatable bonds is 4. The third kappa shape index (κ3) is 3.39. The minimum absolute atomic E-state index is 0.398. The first-order valence-corrected chi connectivity index (χ1v) is 8.68. The fourth-order valence-corrected chi connectivity index (χ4v) is 3.53. The van der Waals surface area contributed by atoms with Crippen LogP contribution >= 0.6 is 0 Å². The van der Waals surface area contributed by atoms with Crippen molar-refractivity contribution in [2.24, 2.45) is 0 Å². The summed E-state index contributed by atoms with van der Waals surface area (Å²) in [5.41, 5.74) is 0.964. The van der Waals surface area contributed by atoms with Crippen molar-refractivity contribution in [1.29, 1.82) is 0 Å². The molecule has 0 radical (unpaired) electrons. The molecule has 2 heterocycles. The molecule has 0 N–H and O–H groups in total. The molecule has 1 saturated heterocycles. The Morgan fingerprint density at radius 1 is 0.957 bits per heavy atom. The number of piperidine rings is 1. The standard InChI is InChI=1S/C18H23N3O2/c1-2-6-14(7-3-1)17-19-18(20-23-17)21-12-10-16(11-13-21)22-15-8-4-5-9-15/h1-3,6-7,15-16H,4-5,8-13H2. The summed E-state index contributed by atoms with van der Waals surface area (Å²) in [4.78, 5) is 6.74. The van der Waals surface area contributed by atoms with Crippen molar-refractivity contribution in [3.05, 3.63) is 30.3 Å². The third-order valence-electron chi connectivity index (χ3n) is 4.85. The van der Waals surface area contributed by atoms with Gasteiger partial charge in [-0.25, -0.2) is 0 Å². The van der Waals surface area contributed by atoms with Gasteiger partial charge in [-0.3, -0.25) is 0 Å². The van der Waals surface area contributed by atoms with E-state index in [1.165, 1.54) is 25.7 Å². The van der Waals surface area contributed by atoms with E-state index in [1.54, 1.807) is 0 Å². The summed E-state index contributed by atoms with van der Waals surface area (Å²) in [6.07, 6.45) is 8.13. The molecule has 2 aromatic rings. The molecule has 0 bridgehead atoms. The second kappa shape index (κ2) is 6.71. The first-order chi connectivity index (χ1) is 11.4. The van der Waals surface area contributed by atoms with E-state index in [0.29, 0.717) is 24.0 Å². The van der Waals surface area contributed by atoms with E-state index in [4.69, 9.17) is 9.26 Å². The lowest BCUT2D eigenvalue weighted by Crippen LogP contribution is -2.38. The molecular formula is C18H23N3O2. The van der Waals surface area contributed by atoms with Crippen LogP contribution in [0.3, 0.4) is 0 Å². The molecule has 2 aliphatic rings. The predicted molar refractivity (Wildman–Crippen MR) is 88.3 cm³/mol. The van der Waals surface area contributed by atoms with E-state index in [1.807, 2.05) is 30.3 Å². The van der Waals surface area contributed by atoms with Gasteiger partial charge in [0.15, 0.2) is 0 Å². The fourth-order valence-electron chi connectivity index (χ4n) is 3.53. The van der Waals surface area contributed by atoms with Crippen LogP contribution in [0.25, 0.3) is 11.5 Å². The van der Waals surface area contributed by atoms with Crippen LogP contribution in [0, 0.1) is 0 Å². The van der Waals surface area contributed by atoms with E-state index in [0.717, 1.165) is 31.5 Å². The molecule has 0 amide bonds. The van der Waals surface area contributed by atoms with Crippen LogP contribution in [0.1, 0.15) is 38.5 Å². The molecule has 0 unspecified atom stereocenters. The zero-order chi connectivity index (χ0) is 15.5. The summed E-state index contributed by atoms with van der Waals surface area (Å²) in [7, 11) is 0. The lowest BCUT2D eigenvalue weighted by atomic mass is 10.1.